The van der Waals surface area contributed by atoms with Gasteiger partial charge in [0.2, 0.25) is 5.91 Å². The lowest BCUT2D eigenvalue weighted by atomic mass is 9.83. The van der Waals surface area contributed by atoms with E-state index in [4.69, 9.17) is 4.74 Å². The molecule has 82 valence electrons. The number of hydrogen-bond acceptors (Lipinski definition) is 2. The Morgan fingerprint density at radius 1 is 1.64 bits per heavy atom. The predicted octanol–water partition coefficient (Wildman–Crippen LogP) is 1.70. The summed E-state index contributed by atoms with van der Waals surface area (Å²) < 4.78 is 4.95. The third-order valence-corrected chi connectivity index (χ3v) is 3.16. The Kier molecular flexibility index (Phi) is 5.48. The fraction of sp³-hybridized carbons (Fsp3) is 0.900. The Morgan fingerprint density at radius 2 is 2.36 bits per heavy atom. The highest BCUT2D eigenvalue weighted by molar-refractivity contribution is 9.09. The summed E-state index contributed by atoms with van der Waals surface area (Å²) in [5.41, 5.74) is 0. The average Bonchev–Trinajstić information content (AvgIpc) is 2.09. The van der Waals surface area contributed by atoms with Crippen molar-refractivity contribution < 1.29 is 9.53 Å². The van der Waals surface area contributed by atoms with Crippen molar-refractivity contribution in [3.05, 3.63) is 0 Å². The summed E-state index contributed by atoms with van der Waals surface area (Å²) in [5.74, 6) is 0.821. The number of carbonyl (C=O) groups is 1. The van der Waals surface area contributed by atoms with Crippen LogP contribution in [0.4, 0.5) is 0 Å². The molecule has 0 aromatic rings. The van der Waals surface area contributed by atoms with Gasteiger partial charge in [-0.05, 0) is 18.8 Å². The lowest BCUT2D eigenvalue weighted by Gasteiger charge is -2.24. The maximum absolute atomic E-state index is 11.4. The standard InChI is InChI=1S/C10H18BrNO2/c1-14-7-9(11)6-12-10(13)5-8-3-2-4-8/h8-9H,2-7H2,1H3,(H,12,13). The topological polar surface area (TPSA) is 38.3 Å². The molecule has 1 saturated carbocycles. The van der Waals surface area contributed by atoms with Crippen LogP contribution in [0.3, 0.4) is 0 Å². The first-order valence-electron chi connectivity index (χ1n) is 5.12. The second kappa shape index (κ2) is 6.40. The highest BCUT2D eigenvalue weighted by Gasteiger charge is 2.20. The third-order valence-electron chi connectivity index (χ3n) is 2.57. The summed E-state index contributed by atoms with van der Waals surface area (Å²) in [6.07, 6.45) is 4.45. The van der Waals surface area contributed by atoms with E-state index in [1.807, 2.05) is 0 Å². The summed E-state index contributed by atoms with van der Waals surface area (Å²) in [4.78, 5) is 11.6. The molecule has 1 amide bonds. The molecule has 0 heterocycles. The first-order valence-corrected chi connectivity index (χ1v) is 6.03. The molecule has 1 aliphatic carbocycles. The zero-order valence-electron chi connectivity index (χ0n) is 8.59. The van der Waals surface area contributed by atoms with E-state index in [1.54, 1.807) is 7.11 Å². The molecule has 0 aromatic heterocycles. The second-order valence-corrected chi connectivity index (χ2v) is 5.15. The SMILES string of the molecule is COCC(Br)CNC(=O)CC1CCC1. The fourth-order valence-electron chi connectivity index (χ4n) is 1.50. The molecule has 1 atom stereocenters. The summed E-state index contributed by atoms with van der Waals surface area (Å²) in [6.45, 7) is 1.28. The van der Waals surface area contributed by atoms with Crippen LogP contribution in [0.1, 0.15) is 25.7 Å². The van der Waals surface area contributed by atoms with Crippen LogP contribution in [0.5, 0.6) is 0 Å². The number of halogens is 1. The van der Waals surface area contributed by atoms with Gasteiger partial charge in [-0.15, -0.1) is 0 Å². The lowest BCUT2D eigenvalue weighted by molar-refractivity contribution is -0.122. The minimum atomic E-state index is 0.176. The van der Waals surface area contributed by atoms with Crippen LogP contribution in [-0.2, 0) is 9.53 Å². The number of ether oxygens (including phenoxy) is 1. The molecule has 1 unspecified atom stereocenters. The Bertz CT molecular complexity index is 183. The third kappa shape index (κ3) is 4.42. The first-order chi connectivity index (χ1) is 6.72. The number of hydrogen-bond donors (Lipinski definition) is 1. The van der Waals surface area contributed by atoms with E-state index in [-0.39, 0.29) is 10.7 Å². The van der Waals surface area contributed by atoms with Crippen LogP contribution < -0.4 is 5.32 Å². The summed E-state index contributed by atoms with van der Waals surface area (Å²) in [5, 5.41) is 2.90. The van der Waals surface area contributed by atoms with Crippen molar-refractivity contribution in [2.45, 2.75) is 30.5 Å². The molecule has 0 spiro atoms. The van der Waals surface area contributed by atoms with E-state index < -0.39 is 0 Å². The van der Waals surface area contributed by atoms with Gasteiger partial charge < -0.3 is 10.1 Å². The minimum Gasteiger partial charge on any atom is -0.383 e. The highest BCUT2D eigenvalue weighted by Crippen LogP contribution is 2.28. The van der Waals surface area contributed by atoms with Gasteiger partial charge in [-0.1, -0.05) is 22.4 Å². The maximum atomic E-state index is 11.4. The van der Waals surface area contributed by atoms with Crippen molar-refractivity contribution in [2.75, 3.05) is 20.3 Å². The smallest absolute Gasteiger partial charge is 0.220 e. The summed E-state index contributed by atoms with van der Waals surface area (Å²) in [7, 11) is 1.66. The van der Waals surface area contributed by atoms with Crippen LogP contribution in [0, 0.1) is 5.92 Å². The molecule has 0 bridgehead atoms. The minimum absolute atomic E-state index is 0.176. The molecule has 0 aromatic carbocycles. The molecule has 4 heteroatoms. The largest absolute Gasteiger partial charge is 0.383 e. The van der Waals surface area contributed by atoms with Gasteiger partial charge in [-0.25, -0.2) is 0 Å². The number of rotatable bonds is 6. The Hall–Kier alpha value is -0.0900. The van der Waals surface area contributed by atoms with Crippen LogP contribution in [0.15, 0.2) is 0 Å². The molecule has 0 saturated heterocycles. The normalized spacial score (nSPS) is 18.7. The Balaban J connectivity index is 2.01. The van der Waals surface area contributed by atoms with Crippen molar-refractivity contribution >= 4 is 21.8 Å². The molecule has 1 aliphatic rings. The van der Waals surface area contributed by atoms with Crippen molar-refractivity contribution in [1.29, 1.82) is 0 Å². The average molecular weight is 264 g/mol. The van der Waals surface area contributed by atoms with Crippen LogP contribution in [0.25, 0.3) is 0 Å². The van der Waals surface area contributed by atoms with E-state index in [9.17, 15) is 4.79 Å². The van der Waals surface area contributed by atoms with Crippen LogP contribution >= 0.6 is 15.9 Å². The van der Waals surface area contributed by atoms with Crippen LogP contribution in [-0.4, -0.2) is 31.0 Å². The Labute approximate surface area is 93.7 Å². The number of alkyl halides is 1. The molecule has 3 nitrogen and oxygen atoms in total. The van der Waals surface area contributed by atoms with Gasteiger partial charge in [0, 0.05) is 20.1 Å². The molecule has 1 fully saturated rings. The van der Waals surface area contributed by atoms with E-state index in [2.05, 4.69) is 21.2 Å². The quantitative estimate of drug-likeness (QED) is 0.741. The molecular formula is C10H18BrNO2. The van der Waals surface area contributed by atoms with Crippen molar-refractivity contribution in [2.24, 2.45) is 5.92 Å². The van der Waals surface area contributed by atoms with Gasteiger partial charge in [-0.2, -0.15) is 0 Å². The number of amides is 1. The van der Waals surface area contributed by atoms with Crippen molar-refractivity contribution in [1.82, 2.24) is 5.32 Å². The van der Waals surface area contributed by atoms with E-state index in [0.29, 0.717) is 25.5 Å². The first kappa shape index (κ1) is 12.0. The second-order valence-electron chi connectivity index (χ2n) is 3.86. The highest BCUT2D eigenvalue weighted by atomic mass is 79.9. The molecule has 1 rings (SSSR count). The molecular weight excluding hydrogens is 246 g/mol. The number of nitrogens with one attached hydrogen (secondary N) is 1. The molecule has 1 N–H and O–H groups in total. The van der Waals surface area contributed by atoms with Crippen LogP contribution in [0.2, 0.25) is 0 Å². The van der Waals surface area contributed by atoms with Gasteiger partial charge in [-0.3, -0.25) is 4.79 Å². The predicted molar refractivity (Wildman–Crippen MR) is 59.6 cm³/mol. The Morgan fingerprint density at radius 3 is 2.86 bits per heavy atom. The van der Waals surface area contributed by atoms with E-state index in [1.165, 1.54) is 19.3 Å². The van der Waals surface area contributed by atoms with Gasteiger partial charge in [0.25, 0.3) is 0 Å². The summed E-state index contributed by atoms with van der Waals surface area (Å²) >= 11 is 3.42. The zero-order valence-corrected chi connectivity index (χ0v) is 10.2. The zero-order chi connectivity index (χ0) is 10.4. The summed E-state index contributed by atoms with van der Waals surface area (Å²) in [6, 6.07) is 0. The van der Waals surface area contributed by atoms with Gasteiger partial charge in [0.05, 0.1) is 11.4 Å². The monoisotopic (exact) mass is 263 g/mol. The maximum Gasteiger partial charge on any atom is 0.220 e. The molecule has 14 heavy (non-hydrogen) atoms. The van der Waals surface area contributed by atoms with E-state index in [0.717, 1.165) is 0 Å². The van der Waals surface area contributed by atoms with Gasteiger partial charge in [0.1, 0.15) is 0 Å². The van der Waals surface area contributed by atoms with Gasteiger partial charge >= 0.3 is 0 Å². The fourth-order valence-corrected chi connectivity index (χ4v) is 1.92. The van der Waals surface area contributed by atoms with Gasteiger partial charge in [0.15, 0.2) is 0 Å². The van der Waals surface area contributed by atoms with Crippen molar-refractivity contribution in [3.8, 4) is 0 Å². The van der Waals surface area contributed by atoms with Crippen molar-refractivity contribution in [3.63, 3.8) is 0 Å². The lowest BCUT2D eigenvalue weighted by Crippen LogP contribution is -2.33. The van der Waals surface area contributed by atoms with E-state index >= 15 is 0 Å². The molecule has 0 radical (unpaired) electrons. The molecule has 0 aliphatic heterocycles. The number of carbonyl (C=O) groups excluding carboxylic acids is 1. The number of methoxy groups -OCH3 is 1.